The molecule has 0 saturated carbocycles. The first-order valence-corrected chi connectivity index (χ1v) is 6.41. The van der Waals surface area contributed by atoms with E-state index in [1.54, 1.807) is 12.1 Å². The van der Waals surface area contributed by atoms with Crippen molar-refractivity contribution in [3.8, 4) is 0 Å². The summed E-state index contributed by atoms with van der Waals surface area (Å²) in [5.41, 5.74) is 7.18. The van der Waals surface area contributed by atoms with Gasteiger partial charge in [-0.05, 0) is 30.5 Å². The van der Waals surface area contributed by atoms with E-state index in [2.05, 4.69) is 5.32 Å². The van der Waals surface area contributed by atoms with Crippen molar-refractivity contribution >= 4 is 17.6 Å². The van der Waals surface area contributed by atoms with Gasteiger partial charge in [-0.1, -0.05) is 18.6 Å². The lowest BCUT2D eigenvalue weighted by atomic mass is 10.1. The molecule has 0 radical (unpaired) electrons. The van der Waals surface area contributed by atoms with Crippen molar-refractivity contribution in [3.63, 3.8) is 0 Å². The molecule has 0 saturated heterocycles. The molecule has 0 aliphatic carbocycles. The summed E-state index contributed by atoms with van der Waals surface area (Å²) in [6.07, 6.45) is 2.78. The molecule has 0 bridgehead atoms. The fourth-order valence-electron chi connectivity index (χ4n) is 1.76. The van der Waals surface area contributed by atoms with Crippen molar-refractivity contribution in [1.29, 1.82) is 0 Å². The average molecular weight is 264 g/mol. The monoisotopic (exact) mass is 264 g/mol. The number of carboxylic acid groups (broad SMARTS) is 1. The Morgan fingerprint density at radius 2 is 2.00 bits per heavy atom. The summed E-state index contributed by atoms with van der Waals surface area (Å²) in [6.45, 7) is 0.584. The standard InChI is InChI=1S/C14H20N2O3/c15-12-6-4-5-11(9-12)10-13(17)16-8-3-1-2-7-14(18)19/h4-6,9H,1-3,7-8,10,15H2,(H,16,17)(H,18,19). The highest BCUT2D eigenvalue weighted by atomic mass is 16.4. The zero-order valence-corrected chi connectivity index (χ0v) is 10.9. The van der Waals surface area contributed by atoms with Crippen LogP contribution in [0.2, 0.25) is 0 Å². The van der Waals surface area contributed by atoms with Gasteiger partial charge in [0.15, 0.2) is 0 Å². The molecule has 0 spiro atoms. The third-order valence-electron chi connectivity index (χ3n) is 2.71. The molecule has 1 rings (SSSR count). The number of hydrogen-bond donors (Lipinski definition) is 3. The number of rotatable bonds is 8. The van der Waals surface area contributed by atoms with Crippen LogP contribution < -0.4 is 11.1 Å². The van der Waals surface area contributed by atoms with Gasteiger partial charge in [0.05, 0.1) is 6.42 Å². The van der Waals surface area contributed by atoms with Gasteiger partial charge >= 0.3 is 5.97 Å². The van der Waals surface area contributed by atoms with Crippen LogP contribution in [0, 0.1) is 0 Å². The minimum absolute atomic E-state index is 0.0381. The lowest BCUT2D eigenvalue weighted by molar-refractivity contribution is -0.137. The molecule has 4 N–H and O–H groups in total. The highest BCUT2D eigenvalue weighted by Crippen LogP contribution is 2.07. The number of nitrogens with one attached hydrogen (secondary N) is 1. The van der Waals surface area contributed by atoms with Gasteiger partial charge in [0.2, 0.25) is 5.91 Å². The summed E-state index contributed by atoms with van der Waals surface area (Å²) < 4.78 is 0. The van der Waals surface area contributed by atoms with Gasteiger partial charge in [0, 0.05) is 18.7 Å². The maximum absolute atomic E-state index is 11.6. The van der Waals surface area contributed by atoms with Crippen LogP contribution in [0.1, 0.15) is 31.2 Å². The molecule has 104 valence electrons. The Balaban J connectivity index is 2.13. The molecule has 5 heteroatoms. The minimum atomic E-state index is -0.772. The van der Waals surface area contributed by atoms with Crippen molar-refractivity contribution in [1.82, 2.24) is 5.32 Å². The van der Waals surface area contributed by atoms with Crippen molar-refractivity contribution in [3.05, 3.63) is 29.8 Å². The van der Waals surface area contributed by atoms with E-state index in [1.807, 2.05) is 12.1 Å². The van der Waals surface area contributed by atoms with E-state index in [9.17, 15) is 9.59 Å². The number of aliphatic carboxylic acids is 1. The Kier molecular flexibility index (Phi) is 6.43. The van der Waals surface area contributed by atoms with E-state index in [4.69, 9.17) is 10.8 Å². The van der Waals surface area contributed by atoms with E-state index in [1.165, 1.54) is 0 Å². The molecule has 0 aromatic heterocycles. The third kappa shape index (κ3) is 7.08. The second-order valence-electron chi connectivity index (χ2n) is 4.48. The predicted octanol–water partition coefficient (Wildman–Crippen LogP) is 1.57. The van der Waals surface area contributed by atoms with Crippen LogP contribution in [0.4, 0.5) is 5.69 Å². The van der Waals surface area contributed by atoms with E-state index in [0.29, 0.717) is 25.1 Å². The lowest BCUT2D eigenvalue weighted by Crippen LogP contribution is -2.26. The van der Waals surface area contributed by atoms with E-state index >= 15 is 0 Å². The van der Waals surface area contributed by atoms with Gasteiger partial charge in [-0.2, -0.15) is 0 Å². The Bertz CT molecular complexity index is 432. The number of hydrogen-bond acceptors (Lipinski definition) is 3. The largest absolute Gasteiger partial charge is 0.481 e. The van der Waals surface area contributed by atoms with Crippen LogP contribution in [0.5, 0.6) is 0 Å². The first-order chi connectivity index (χ1) is 9.08. The number of unbranched alkanes of at least 4 members (excludes halogenated alkanes) is 2. The minimum Gasteiger partial charge on any atom is -0.481 e. The van der Waals surface area contributed by atoms with Gasteiger partial charge in [0.25, 0.3) is 0 Å². The number of carboxylic acids is 1. The van der Waals surface area contributed by atoms with Gasteiger partial charge in [-0.15, -0.1) is 0 Å². The summed E-state index contributed by atoms with van der Waals surface area (Å²) in [4.78, 5) is 21.9. The van der Waals surface area contributed by atoms with Crippen LogP contribution in [0.25, 0.3) is 0 Å². The number of amides is 1. The zero-order valence-electron chi connectivity index (χ0n) is 10.9. The van der Waals surface area contributed by atoms with Gasteiger partial charge in [-0.3, -0.25) is 9.59 Å². The van der Waals surface area contributed by atoms with Gasteiger partial charge in [0.1, 0.15) is 0 Å². The van der Waals surface area contributed by atoms with Crippen molar-refractivity contribution in [2.75, 3.05) is 12.3 Å². The maximum Gasteiger partial charge on any atom is 0.303 e. The fourth-order valence-corrected chi connectivity index (χ4v) is 1.76. The van der Waals surface area contributed by atoms with Crippen LogP contribution in [-0.4, -0.2) is 23.5 Å². The molecular formula is C14H20N2O3. The molecule has 19 heavy (non-hydrogen) atoms. The maximum atomic E-state index is 11.6. The second-order valence-corrected chi connectivity index (χ2v) is 4.48. The van der Waals surface area contributed by atoms with E-state index < -0.39 is 5.97 Å². The number of benzene rings is 1. The summed E-state index contributed by atoms with van der Waals surface area (Å²) in [5.74, 6) is -0.811. The topological polar surface area (TPSA) is 92.4 Å². The van der Waals surface area contributed by atoms with Crippen LogP contribution >= 0.6 is 0 Å². The van der Waals surface area contributed by atoms with Gasteiger partial charge in [-0.25, -0.2) is 0 Å². The van der Waals surface area contributed by atoms with Crippen molar-refractivity contribution < 1.29 is 14.7 Å². The molecular weight excluding hydrogens is 244 g/mol. The lowest BCUT2D eigenvalue weighted by Gasteiger charge is -2.05. The molecule has 1 aromatic carbocycles. The Morgan fingerprint density at radius 1 is 1.21 bits per heavy atom. The molecule has 0 aliphatic heterocycles. The Labute approximate surface area is 112 Å². The molecule has 1 aromatic rings. The Hall–Kier alpha value is -2.04. The average Bonchev–Trinajstić information content (AvgIpc) is 2.33. The van der Waals surface area contributed by atoms with E-state index in [0.717, 1.165) is 18.4 Å². The quantitative estimate of drug-likeness (QED) is 0.491. The van der Waals surface area contributed by atoms with Crippen LogP contribution in [-0.2, 0) is 16.0 Å². The number of carbonyl (C=O) groups excluding carboxylic acids is 1. The van der Waals surface area contributed by atoms with Crippen molar-refractivity contribution in [2.45, 2.75) is 32.1 Å². The molecule has 0 unspecified atom stereocenters. The zero-order chi connectivity index (χ0) is 14.1. The summed E-state index contributed by atoms with van der Waals surface area (Å²) in [5, 5.41) is 11.3. The smallest absolute Gasteiger partial charge is 0.303 e. The SMILES string of the molecule is Nc1cccc(CC(=O)NCCCCCC(=O)O)c1. The molecule has 0 atom stereocenters. The molecule has 0 fully saturated rings. The van der Waals surface area contributed by atoms with Crippen LogP contribution in [0.3, 0.4) is 0 Å². The first kappa shape index (κ1) is 15.0. The fraction of sp³-hybridized carbons (Fsp3) is 0.429. The Morgan fingerprint density at radius 3 is 2.68 bits per heavy atom. The highest BCUT2D eigenvalue weighted by Gasteiger charge is 2.03. The molecule has 5 nitrogen and oxygen atoms in total. The van der Waals surface area contributed by atoms with Crippen LogP contribution in [0.15, 0.2) is 24.3 Å². The van der Waals surface area contributed by atoms with Gasteiger partial charge < -0.3 is 16.2 Å². The summed E-state index contributed by atoms with van der Waals surface area (Å²) in [6, 6.07) is 7.25. The molecule has 0 aliphatic rings. The highest BCUT2D eigenvalue weighted by molar-refractivity contribution is 5.78. The van der Waals surface area contributed by atoms with E-state index in [-0.39, 0.29) is 12.3 Å². The molecule has 1 amide bonds. The number of carbonyl (C=O) groups is 2. The number of nitrogens with two attached hydrogens (primary N) is 1. The predicted molar refractivity (Wildman–Crippen MR) is 73.7 cm³/mol. The summed E-state index contributed by atoms with van der Waals surface area (Å²) in [7, 11) is 0. The number of anilines is 1. The molecule has 0 heterocycles. The first-order valence-electron chi connectivity index (χ1n) is 6.41. The normalized spacial score (nSPS) is 10.1. The summed E-state index contributed by atoms with van der Waals surface area (Å²) >= 11 is 0. The number of nitrogen functional groups attached to an aromatic ring is 1. The van der Waals surface area contributed by atoms with Crippen molar-refractivity contribution in [2.24, 2.45) is 0 Å². The third-order valence-corrected chi connectivity index (χ3v) is 2.71. The second kappa shape index (κ2) is 8.13.